The minimum atomic E-state index is -0.701. The molecular weight excluding hydrogens is 630 g/mol. The lowest BCUT2D eigenvalue weighted by atomic mass is 9.97. The number of carbonyl (C=O) groups is 3. The van der Waals surface area contributed by atoms with Gasteiger partial charge in [0.15, 0.2) is 0 Å². The van der Waals surface area contributed by atoms with Gasteiger partial charge in [0.05, 0.1) is 24.6 Å². The van der Waals surface area contributed by atoms with Crippen LogP contribution in [0.4, 0.5) is 0 Å². The average Bonchev–Trinajstić information content (AvgIpc) is 3.54. The standard InChI is InChI=1S/C41H49N3O6/c1-3-5-6-10-18-40(47)50-29-35(24-33-26-42-38-17-12-11-16-37(33)38)44-41(48)32(13-4-2)25-39(46)43-34(27-45)23-30-19-21-36(22-20-30)49-28-31-14-8-7-9-15-31/h3-4,7-9,11-12,14-17,19-22,26,32,34-35,42,45H,1-2,5-6,10,13,18,23-25,27-29H2,(H,43,46)(H,44,48)/t32-,34-,35-/m0/s1. The molecule has 0 aliphatic carbocycles. The SMILES string of the molecule is C=CCCCCC(=O)OC[C@H](Cc1c[nH]c2ccccc12)NC(=O)[C@@H](CC=C)CC(=O)N[C@H](CO)Cc1ccc(OCc2ccccc2)cc1. The highest BCUT2D eigenvalue weighted by Gasteiger charge is 2.26. The van der Waals surface area contributed by atoms with Gasteiger partial charge < -0.3 is 30.2 Å². The highest BCUT2D eigenvalue weighted by molar-refractivity contribution is 5.86. The average molecular weight is 680 g/mol. The molecule has 3 aromatic carbocycles. The number of amides is 2. The van der Waals surface area contributed by atoms with Gasteiger partial charge in [-0.3, -0.25) is 14.4 Å². The number of ether oxygens (including phenoxy) is 2. The van der Waals surface area contributed by atoms with Crippen LogP contribution >= 0.6 is 0 Å². The molecule has 2 amide bonds. The lowest BCUT2D eigenvalue weighted by Crippen LogP contribution is -2.45. The van der Waals surface area contributed by atoms with Crippen LogP contribution in [0.5, 0.6) is 5.75 Å². The van der Waals surface area contributed by atoms with Crippen molar-refractivity contribution in [3.63, 3.8) is 0 Å². The molecule has 1 heterocycles. The van der Waals surface area contributed by atoms with E-state index in [9.17, 15) is 19.5 Å². The fraction of sp³-hybridized carbons (Fsp3) is 0.341. The second-order valence-corrected chi connectivity index (χ2v) is 12.5. The van der Waals surface area contributed by atoms with E-state index in [0.717, 1.165) is 46.2 Å². The number of fused-ring (bicyclic) bond motifs is 1. The Morgan fingerprint density at radius 2 is 1.60 bits per heavy atom. The summed E-state index contributed by atoms with van der Waals surface area (Å²) in [6.07, 6.45) is 9.03. The molecule has 0 fully saturated rings. The smallest absolute Gasteiger partial charge is 0.305 e. The van der Waals surface area contributed by atoms with Gasteiger partial charge >= 0.3 is 5.97 Å². The van der Waals surface area contributed by atoms with Gasteiger partial charge in [-0.05, 0) is 73.4 Å². The number of aliphatic hydroxyl groups excluding tert-OH is 1. The fourth-order valence-electron chi connectivity index (χ4n) is 5.76. The van der Waals surface area contributed by atoms with Gasteiger partial charge in [-0.15, -0.1) is 13.2 Å². The van der Waals surface area contributed by atoms with Gasteiger partial charge in [-0.25, -0.2) is 0 Å². The number of aliphatic hydroxyl groups is 1. The molecule has 0 aliphatic heterocycles. The first-order chi connectivity index (χ1) is 24.4. The molecule has 0 aliphatic rings. The summed E-state index contributed by atoms with van der Waals surface area (Å²) in [5.74, 6) is -0.986. The number of allylic oxidation sites excluding steroid dienone is 2. The number of hydrogen-bond donors (Lipinski definition) is 4. The molecule has 4 N–H and O–H groups in total. The number of nitrogens with one attached hydrogen (secondary N) is 3. The molecule has 0 spiro atoms. The van der Waals surface area contributed by atoms with E-state index in [1.54, 1.807) is 6.08 Å². The molecule has 4 aromatic rings. The van der Waals surface area contributed by atoms with Crippen molar-refractivity contribution < 1.29 is 29.0 Å². The third-order valence-electron chi connectivity index (χ3n) is 8.47. The Morgan fingerprint density at radius 3 is 2.34 bits per heavy atom. The van der Waals surface area contributed by atoms with Crippen LogP contribution < -0.4 is 15.4 Å². The van der Waals surface area contributed by atoms with Gasteiger partial charge in [0, 0.05) is 29.9 Å². The van der Waals surface area contributed by atoms with Gasteiger partial charge in [-0.2, -0.15) is 0 Å². The minimum Gasteiger partial charge on any atom is -0.489 e. The molecule has 9 heteroatoms. The van der Waals surface area contributed by atoms with Crippen molar-refractivity contribution in [1.29, 1.82) is 0 Å². The normalized spacial score (nSPS) is 12.7. The number of unbranched alkanes of at least 4 members (excludes halogenated alkanes) is 2. The van der Waals surface area contributed by atoms with Crippen molar-refractivity contribution in [3.05, 3.63) is 127 Å². The quantitative estimate of drug-likeness (QED) is 0.0434. The zero-order chi connectivity index (χ0) is 35.6. The second-order valence-electron chi connectivity index (χ2n) is 12.5. The van der Waals surface area contributed by atoms with E-state index in [1.165, 1.54) is 0 Å². The second kappa shape index (κ2) is 20.4. The molecule has 0 saturated heterocycles. The molecular formula is C41H49N3O6. The molecule has 0 bridgehead atoms. The number of carbonyl (C=O) groups excluding carboxylic acids is 3. The summed E-state index contributed by atoms with van der Waals surface area (Å²) in [5.41, 5.74) is 3.94. The van der Waals surface area contributed by atoms with Crippen LogP contribution in [0.2, 0.25) is 0 Å². The Kier molecular flexibility index (Phi) is 15.4. The Labute approximate surface area is 294 Å². The van der Waals surface area contributed by atoms with Crippen molar-refractivity contribution >= 4 is 28.7 Å². The molecule has 0 saturated carbocycles. The van der Waals surface area contributed by atoms with Crippen LogP contribution in [0.25, 0.3) is 10.9 Å². The third-order valence-corrected chi connectivity index (χ3v) is 8.47. The van der Waals surface area contributed by atoms with Crippen LogP contribution in [0.15, 0.2) is 110 Å². The lowest BCUT2D eigenvalue weighted by Gasteiger charge is -2.23. The summed E-state index contributed by atoms with van der Waals surface area (Å²) in [6, 6.07) is 24.3. The molecule has 3 atom stereocenters. The molecule has 1 aromatic heterocycles. The van der Waals surface area contributed by atoms with Crippen molar-refractivity contribution in [3.8, 4) is 5.75 Å². The van der Waals surface area contributed by atoms with Crippen molar-refractivity contribution in [2.45, 2.75) is 70.1 Å². The third kappa shape index (κ3) is 12.4. The molecule has 0 unspecified atom stereocenters. The first-order valence-corrected chi connectivity index (χ1v) is 17.3. The van der Waals surface area contributed by atoms with Gasteiger partial charge in [0.1, 0.15) is 19.0 Å². The highest BCUT2D eigenvalue weighted by atomic mass is 16.5. The van der Waals surface area contributed by atoms with Crippen LogP contribution in [-0.4, -0.2) is 53.2 Å². The zero-order valence-corrected chi connectivity index (χ0v) is 28.7. The number of rotatable bonds is 22. The number of para-hydroxylation sites is 1. The maximum absolute atomic E-state index is 13.6. The maximum atomic E-state index is 13.6. The van der Waals surface area contributed by atoms with Crippen LogP contribution in [0.1, 0.15) is 55.2 Å². The topological polar surface area (TPSA) is 130 Å². The molecule has 264 valence electrons. The Morgan fingerprint density at radius 1 is 0.840 bits per heavy atom. The van der Waals surface area contributed by atoms with E-state index < -0.39 is 18.0 Å². The predicted octanol–water partition coefficient (Wildman–Crippen LogP) is 6.37. The predicted molar refractivity (Wildman–Crippen MR) is 196 cm³/mol. The summed E-state index contributed by atoms with van der Waals surface area (Å²) in [4.78, 5) is 42.6. The van der Waals surface area contributed by atoms with Gasteiger partial charge in [0.2, 0.25) is 11.8 Å². The molecule has 9 nitrogen and oxygen atoms in total. The number of esters is 1. The van der Waals surface area contributed by atoms with E-state index in [1.807, 2.05) is 91.1 Å². The zero-order valence-electron chi connectivity index (χ0n) is 28.7. The highest BCUT2D eigenvalue weighted by Crippen LogP contribution is 2.21. The minimum absolute atomic E-state index is 0.00121. The van der Waals surface area contributed by atoms with E-state index in [2.05, 4.69) is 28.8 Å². The van der Waals surface area contributed by atoms with E-state index in [-0.39, 0.29) is 43.8 Å². The van der Waals surface area contributed by atoms with Gasteiger partial charge in [-0.1, -0.05) is 72.8 Å². The molecule has 50 heavy (non-hydrogen) atoms. The van der Waals surface area contributed by atoms with Crippen molar-refractivity contribution in [1.82, 2.24) is 15.6 Å². The summed E-state index contributed by atoms with van der Waals surface area (Å²) < 4.78 is 11.5. The van der Waals surface area contributed by atoms with Gasteiger partial charge in [0.25, 0.3) is 0 Å². The number of aromatic nitrogens is 1. The lowest BCUT2D eigenvalue weighted by molar-refractivity contribution is -0.145. The first kappa shape index (κ1) is 37.7. The number of benzene rings is 3. The maximum Gasteiger partial charge on any atom is 0.305 e. The first-order valence-electron chi connectivity index (χ1n) is 17.3. The summed E-state index contributed by atoms with van der Waals surface area (Å²) >= 11 is 0. The van der Waals surface area contributed by atoms with E-state index >= 15 is 0 Å². The van der Waals surface area contributed by atoms with Crippen molar-refractivity contribution in [2.75, 3.05) is 13.2 Å². The Hall–Kier alpha value is -5.15. The van der Waals surface area contributed by atoms with Crippen LogP contribution in [0, 0.1) is 5.92 Å². The largest absolute Gasteiger partial charge is 0.489 e. The number of H-pyrrole nitrogens is 1. The summed E-state index contributed by atoms with van der Waals surface area (Å²) in [5, 5.41) is 17.0. The number of aromatic amines is 1. The number of hydrogen-bond acceptors (Lipinski definition) is 6. The summed E-state index contributed by atoms with van der Waals surface area (Å²) in [7, 11) is 0. The van der Waals surface area contributed by atoms with E-state index in [4.69, 9.17) is 9.47 Å². The summed E-state index contributed by atoms with van der Waals surface area (Å²) in [6.45, 7) is 7.70. The Balaban J connectivity index is 1.33. The molecule has 4 rings (SSSR count). The monoisotopic (exact) mass is 679 g/mol. The van der Waals surface area contributed by atoms with Crippen LogP contribution in [0.3, 0.4) is 0 Å². The fourth-order valence-corrected chi connectivity index (χ4v) is 5.76. The Bertz CT molecular complexity index is 1670. The molecule has 0 radical (unpaired) electrons. The van der Waals surface area contributed by atoms with Crippen LogP contribution in [-0.2, 0) is 38.6 Å². The van der Waals surface area contributed by atoms with Crippen molar-refractivity contribution in [2.24, 2.45) is 5.92 Å². The van der Waals surface area contributed by atoms with E-state index in [0.29, 0.717) is 32.3 Å².